The monoisotopic (exact) mass is 670 g/mol. The molecule has 0 saturated heterocycles. The van der Waals surface area contributed by atoms with Gasteiger partial charge in [-0.05, 0) is 36.4 Å². The predicted molar refractivity (Wildman–Crippen MR) is 146 cm³/mol. The fraction of sp³-hybridized carbons (Fsp3) is 0.208. The van der Waals surface area contributed by atoms with Crippen LogP contribution in [-0.4, -0.2) is 48.9 Å². The molecule has 0 spiro atoms. The molecular weight excluding hydrogens is 650 g/mol. The van der Waals surface area contributed by atoms with Gasteiger partial charge in [0, 0.05) is 25.8 Å². The predicted octanol–water partition coefficient (Wildman–Crippen LogP) is -3.31. The Balaban J connectivity index is 0.00000506. The molecule has 1 aromatic heterocycles. The van der Waals surface area contributed by atoms with Crippen molar-refractivity contribution in [1.29, 1.82) is 15.8 Å². The molecule has 0 radical (unpaired) electrons. The molecule has 222 valence electrons. The van der Waals surface area contributed by atoms with Crippen molar-refractivity contribution in [3.05, 3.63) is 48.2 Å². The van der Waals surface area contributed by atoms with Crippen LogP contribution in [0.1, 0.15) is 18.4 Å². The zero-order valence-electron chi connectivity index (χ0n) is 24.1. The molecule has 2 aromatic carbocycles. The second-order valence-electron chi connectivity index (χ2n) is 8.12. The van der Waals surface area contributed by atoms with Crippen molar-refractivity contribution < 1.29 is 91.5 Å². The Morgan fingerprint density at radius 2 is 1.80 bits per heavy atom. The summed E-state index contributed by atoms with van der Waals surface area (Å²) in [7, 11) is -3.52. The molecule has 0 aliphatic rings. The van der Waals surface area contributed by atoms with Gasteiger partial charge < -0.3 is 25.3 Å². The van der Waals surface area contributed by atoms with Gasteiger partial charge in [-0.15, -0.1) is 10.2 Å². The molecule has 0 aliphatic heterocycles. The molecule has 1 heterocycles. The van der Waals surface area contributed by atoms with Crippen LogP contribution in [-0.2, 0) is 19.5 Å². The number of nitrogens with one attached hydrogen (secondary N) is 2. The molecule has 2 amide bonds. The number of carbonyl (C=O) groups is 1. The maximum Gasteiger partial charge on any atom is 1.00 e. The van der Waals surface area contributed by atoms with Crippen LogP contribution in [0.3, 0.4) is 0 Å². The average Bonchev–Trinajstić information content (AvgIpc) is 3.41. The summed E-state index contributed by atoms with van der Waals surface area (Å²) < 4.78 is 40.4. The van der Waals surface area contributed by atoms with E-state index in [-0.39, 0.29) is 105 Å². The Morgan fingerprint density at radius 1 is 1.11 bits per heavy atom. The van der Waals surface area contributed by atoms with Crippen LogP contribution in [0.25, 0.3) is 5.69 Å². The van der Waals surface area contributed by atoms with E-state index in [4.69, 9.17) is 10.5 Å². The Bertz CT molecular complexity index is 1730. The molecule has 0 fully saturated rings. The molecular formula is C24H20N10Na2O7S2. The molecule has 0 saturated carbocycles. The van der Waals surface area contributed by atoms with Gasteiger partial charge >= 0.3 is 65.1 Å². The molecule has 3 aromatic rings. The quantitative estimate of drug-likeness (QED) is 0.0451. The van der Waals surface area contributed by atoms with E-state index < -0.39 is 21.0 Å². The van der Waals surface area contributed by atoms with Crippen molar-refractivity contribution in [2.24, 2.45) is 10.2 Å². The molecule has 3 rings (SSSR count). The number of benzene rings is 2. The van der Waals surface area contributed by atoms with Gasteiger partial charge in [-0.1, -0.05) is 0 Å². The summed E-state index contributed by atoms with van der Waals surface area (Å²) >= 11 is 0.381. The first-order valence-electron chi connectivity index (χ1n) is 11.9. The zero-order chi connectivity index (χ0) is 31.4. The maximum atomic E-state index is 12.2. The summed E-state index contributed by atoms with van der Waals surface area (Å²) in [5.74, 6) is -0.201. The first-order chi connectivity index (χ1) is 20.7. The Labute approximate surface area is 306 Å². The van der Waals surface area contributed by atoms with E-state index in [0.29, 0.717) is 30.8 Å². The largest absolute Gasteiger partial charge is 1.00 e. The van der Waals surface area contributed by atoms with E-state index in [1.807, 2.05) is 18.2 Å². The van der Waals surface area contributed by atoms with Gasteiger partial charge in [0.25, 0.3) is 0 Å². The summed E-state index contributed by atoms with van der Waals surface area (Å²) in [6.07, 6.45) is 1.49. The normalized spacial score (nSPS) is 10.5. The van der Waals surface area contributed by atoms with E-state index in [1.165, 1.54) is 13.1 Å². The van der Waals surface area contributed by atoms with Crippen LogP contribution < -0.4 is 79.9 Å². The number of anilines is 2. The minimum Gasteiger partial charge on any atom is -0.744 e. The molecule has 0 bridgehead atoms. The standard InChI is InChI=1S/C24H22N10O7S2.2Na/c1-28-24(35)30-20-12-17(33(10-2-8-25)11-3-9-26)4-6-19(20)31-32-23-16(14-27)15-29-34(23)21-13-18(43(37,38)39)5-7-22(21)42-41-40-36;;/h4-7,12-13,15,36H,2-3,10-11H2,1H3,(H2,28,30,35)(H,37,38,39);;/q;2*+1/p-2. The summed E-state index contributed by atoms with van der Waals surface area (Å²) in [5.41, 5.74) is 0.669. The minimum absolute atomic E-state index is 0. The molecule has 2 N–H and O–H groups in total. The van der Waals surface area contributed by atoms with E-state index in [9.17, 15) is 28.3 Å². The van der Waals surface area contributed by atoms with Crippen molar-refractivity contribution >= 4 is 51.1 Å². The SMILES string of the molecule is CNC(=O)Nc1cc(N(CCC#N)CCC#N)ccc1N=Nc1c(C#N)cnn1-c1cc(S(=O)(=O)[O-])ccc1SOO[O-].[Na+].[Na+]. The smallest absolute Gasteiger partial charge is 0.744 e. The first kappa shape index (κ1) is 40.0. The van der Waals surface area contributed by atoms with E-state index >= 15 is 0 Å². The van der Waals surface area contributed by atoms with E-state index in [2.05, 4.69) is 35.3 Å². The summed E-state index contributed by atoms with van der Waals surface area (Å²) in [5, 5.41) is 58.8. The second-order valence-corrected chi connectivity index (χ2v) is 10.2. The molecule has 0 atom stereocenters. The van der Waals surface area contributed by atoms with Gasteiger partial charge in [-0.3, -0.25) is 5.04 Å². The summed E-state index contributed by atoms with van der Waals surface area (Å²) in [6, 6.07) is 13.2. The van der Waals surface area contributed by atoms with Gasteiger partial charge in [0.2, 0.25) is 0 Å². The fourth-order valence-electron chi connectivity index (χ4n) is 3.57. The Kier molecular flexibility index (Phi) is 17.3. The van der Waals surface area contributed by atoms with Crippen molar-refractivity contribution in [3.8, 4) is 23.9 Å². The number of hydrogen-bond acceptors (Lipinski definition) is 15. The number of azo groups is 1. The Morgan fingerprint density at radius 3 is 2.38 bits per heavy atom. The molecule has 21 heteroatoms. The van der Waals surface area contributed by atoms with Gasteiger partial charge in [-0.25, -0.2) is 17.9 Å². The number of nitriles is 3. The summed E-state index contributed by atoms with van der Waals surface area (Å²) in [4.78, 5) is 13.4. The van der Waals surface area contributed by atoms with Crippen LogP contribution in [0.2, 0.25) is 0 Å². The minimum atomic E-state index is -4.92. The van der Waals surface area contributed by atoms with Gasteiger partial charge in [0.15, 0.2) is 5.82 Å². The van der Waals surface area contributed by atoms with Gasteiger partial charge in [0.1, 0.15) is 27.4 Å². The third-order valence-electron chi connectivity index (χ3n) is 5.52. The molecule has 45 heavy (non-hydrogen) atoms. The number of urea groups is 1. The topological polar surface area (TPSA) is 257 Å². The van der Waals surface area contributed by atoms with E-state index in [1.54, 1.807) is 17.0 Å². The molecule has 0 aliphatic carbocycles. The van der Waals surface area contributed by atoms with Crippen LogP contribution in [0, 0.1) is 34.0 Å². The van der Waals surface area contributed by atoms with E-state index in [0.717, 1.165) is 29.1 Å². The van der Waals surface area contributed by atoms with Crippen molar-refractivity contribution in [2.75, 3.05) is 30.4 Å². The molecule has 17 nitrogen and oxygen atoms in total. The average molecular weight is 671 g/mol. The zero-order valence-corrected chi connectivity index (χ0v) is 29.8. The van der Waals surface area contributed by atoms with Crippen LogP contribution >= 0.6 is 12.0 Å². The Hall–Kier alpha value is -3.07. The van der Waals surface area contributed by atoms with Crippen LogP contribution in [0.5, 0.6) is 0 Å². The third-order valence-corrected chi connectivity index (χ3v) is 7.00. The van der Waals surface area contributed by atoms with Crippen molar-refractivity contribution in [3.63, 3.8) is 0 Å². The first-order valence-corrected chi connectivity index (χ1v) is 14.1. The summed E-state index contributed by atoms with van der Waals surface area (Å²) in [6.45, 7) is 0.644. The second kappa shape index (κ2) is 19.4. The van der Waals surface area contributed by atoms with Crippen molar-refractivity contribution in [1.82, 2.24) is 15.1 Å². The maximum absolute atomic E-state index is 12.2. The van der Waals surface area contributed by atoms with Crippen LogP contribution in [0.4, 0.5) is 27.7 Å². The van der Waals surface area contributed by atoms with Crippen molar-refractivity contribution in [2.45, 2.75) is 22.6 Å². The number of nitrogens with zero attached hydrogens (tertiary/aromatic N) is 8. The number of carbonyl (C=O) groups excluding carboxylic acids is 1. The van der Waals surface area contributed by atoms with Crippen LogP contribution in [0.15, 0.2) is 62.6 Å². The number of rotatable bonds is 13. The number of aromatic nitrogens is 2. The molecule has 0 unspecified atom stereocenters. The number of hydrogen-bond donors (Lipinski definition) is 2. The fourth-order valence-corrected chi connectivity index (χ4v) is 4.51. The third kappa shape index (κ3) is 11.0. The van der Waals surface area contributed by atoms with Gasteiger partial charge in [-0.2, -0.15) is 25.2 Å². The van der Waals surface area contributed by atoms with Gasteiger partial charge in [0.05, 0.1) is 64.4 Å². The number of amides is 2.